The molecular weight excluding hydrogens is 235 g/mol. The Labute approximate surface area is 86.6 Å². The van der Waals surface area contributed by atoms with Crippen LogP contribution in [0.15, 0.2) is 18.2 Å². The summed E-state index contributed by atoms with van der Waals surface area (Å²) in [6.45, 7) is 0.717. The highest BCUT2D eigenvalue weighted by Gasteiger charge is 2.20. The maximum Gasteiger partial charge on any atom is 0.128 e. The van der Waals surface area contributed by atoms with Crippen LogP contribution in [0.3, 0.4) is 0 Å². The van der Waals surface area contributed by atoms with E-state index < -0.39 is 0 Å². The third-order valence-corrected chi connectivity index (χ3v) is 2.12. The Hall–Kier alpha value is -0.900. The van der Waals surface area contributed by atoms with Crippen molar-refractivity contribution in [3.63, 3.8) is 0 Å². The van der Waals surface area contributed by atoms with Gasteiger partial charge in [-0.25, -0.2) is 4.39 Å². The average Bonchev–Trinajstić information content (AvgIpc) is 2.31. The van der Waals surface area contributed by atoms with Crippen LogP contribution in [0.1, 0.15) is 11.1 Å². The summed E-state index contributed by atoms with van der Waals surface area (Å²) in [6.07, 6.45) is 0. The van der Waals surface area contributed by atoms with E-state index in [-0.39, 0.29) is 22.8 Å². The second-order valence-corrected chi connectivity index (χ2v) is 3.01. The van der Waals surface area contributed by atoms with Crippen molar-refractivity contribution in [3.05, 3.63) is 35.1 Å². The molecule has 0 bridgehead atoms. The van der Waals surface area contributed by atoms with Gasteiger partial charge in [-0.05, 0) is 17.7 Å². The van der Waals surface area contributed by atoms with Crippen molar-refractivity contribution in [1.29, 1.82) is 5.41 Å². The molecule has 0 aromatic heterocycles. The van der Waals surface area contributed by atoms with Gasteiger partial charge in [-0.1, -0.05) is 6.07 Å². The average molecular weight is 245 g/mol. The molecular formula is C9H10BrFN2. The van der Waals surface area contributed by atoms with Crippen LogP contribution in [0.4, 0.5) is 4.39 Å². The third kappa shape index (κ3) is 1.58. The molecule has 0 fully saturated rings. The summed E-state index contributed by atoms with van der Waals surface area (Å²) in [4.78, 5) is 1.80. The van der Waals surface area contributed by atoms with Crippen LogP contribution in [-0.4, -0.2) is 17.8 Å². The van der Waals surface area contributed by atoms with Gasteiger partial charge < -0.3 is 4.90 Å². The molecule has 4 heteroatoms. The van der Waals surface area contributed by atoms with Gasteiger partial charge in [-0.2, -0.15) is 0 Å². The van der Waals surface area contributed by atoms with E-state index in [4.69, 9.17) is 5.41 Å². The molecule has 0 amide bonds. The van der Waals surface area contributed by atoms with Crippen LogP contribution in [-0.2, 0) is 6.54 Å². The lowest BCUT2D eigenvalue weighted by atomic mass is 10.1. The highest BCUT2D eigenvalue weighted by molar-refractivity contribution is 8.93. The number of nitrogens with one attached hydrogen (secondary N) is 1. The molecule has 1 aliphatic rings. The van der Waals surface area contributed by atoms with E-state index in [2.05, 4.69) is 0 Å². The molecule has 0 saturated heterocycles. The highest BCUT2D eigenvalue weighted by atomic mass is 79.9. The van der Waals surface area contributed by atoms with Gasteiger partial charge in [0.15, 0.2) is 0 Å². The van der Waals surface area contributed by atoms with Crippen molar-refractivity contribution in [2.45, 2.75) is 6.54 Å². The van der Waals surface area contributed by atoms with Crippen molar-refractivity contribution in [2.24, 2.45) is 0 Å². The molecule has 0 radical (unpaired) electrons. The van der Waals surface area contributed by atoms with Crippen LogP contribution in [0.5, 0.6) is 0 Å². The van der Waals surface area contributed by atoms with Crippen LogP contribution in [0.25, 0.3) is 0 Å². The van der Waals surface area contributed by atoms with Gasteiger partial charge >= 0.3 is 0 Å². The predicted octanol–water partition coefficient (Wildman–Crippen LogP) is 2.17. The van der Waals surface area contributed by atoms with Gasteiger partial charge in [0.25, 0.3) is 0 Å². The van der Waals surface area contributed by atoms with E-state index in [9.17, 15) is 4.39 Å². The fourth-order valence-electron chi connectivity index (χ4n) is 1.45. The minimum Gasteiger partial charge on any atom is -0.355 e. The van der Waals surface area contributed by atoms with Crippen molar-refractivity contribution in [2.75, 3.05) is 7.05 Å². The zero-order chi connectivity index (χ0) is 8.72. The molecule has 2 nitrogen and oxygen atoms in total. The van der Waals surface area contributed by atoms with Gasteiger partial charge in [0.2, 0.25) is 0 Å². The lowest BCUT2D eigenvalue weighted by Gasteiger charge is -2.07. The SMILES string of the molecule is Br.CN1Cc2ccc(F)cc2C1=N. The Morgan fingerprint density at radius 1 is 1.46 bits per heavy atom. The second kappa shape index (κ2) is 3.46. The van der Waals surface area contributed by atoms with E-state index in [0.29, 0.717) is 12.4 Å². The lowest BCUT2D eigenvalue weighted by Crippen LogP contribution is -2.17. The van der Waals surface area contributed by atoms with E-state index in [0.717, 1.165) is 11.1 Å². The first-order valence-electron chi connectivity index (χ1n) is 3.77. The summed E-state index contributed by atoms with van der Waals surface area (Å²) in [5, 5.41) is 7.59. The van der Waals surface area contributed by atoms with Crippen LogP contribution in [0, 0.1) is 11.2 Å². The predicted molar refractivity (Wildman–Crippen MR) is 55.0 cm³/mol. The zero-order valence-corrected chi connectivity index (χ0v) is 8.89. The van der Waals surface area contributed by atoms with Crippen LogP contribution in [0.2, 0.25) is 0 Å². The Bertz CT molecular complexity index is 351. The molecule has 0 atom stereocenters. The van der Waals surface area contributed by atoms with E-state index in [1.807, 2.05) is 7.05 Å². The second-order valence-electron chi connectivity index (χ2n) is 3.01. The number of benzene rings is 1. The molecule has 2 rings (SSSR count). The van der Waals surface area contributed by atoms with Crippen molar-refractivity contribution < 1.29 is 4.39 Å². The standard InChI is InChI=1S/C9H9FN2.BrH/c1-12-5-6-2-3-7(10)4-8(6)9(12)11;/h2-4,11H,5H2,1H3;1H. The Morgan fingerprint density at radius 3 is 2.85 bits per heavy atom. The summed E-state index contributed by atoms with van der Waals surface area (Å²) in [6, 6.07) is 4.59. The normalized spacial score (nSPS) is 14.0. The van der Waals surface area contributed by atoms with Gasteiger partial charge in [0, 0.05) is 19.2 Å². The third-order valence-electron chi connectivity index (χ3n) is 2.12. The monoisotopic (exact) mass is 244 g/mol. The Morgan fingerprint density at radius 2 is 2.15 bits per heavy atom. The first-order chi connectivity index (χ1) is 5.68. The minimum absolute atomic E-state index is 0. The van der Waals surface area contributed by atoms with E-state index >= 15 is 0 Å². The topological polar surface area (TPSA) is 27.1 Å². The van der Waals surface area contributed by atoms with Gasteiger partial charge in [-0.3, -0.25) is 5.41 Å². The van der Waals surface area contributed by atoms with Crippen molar-refractivity contribution in [1.82, 2.24) is 4.90 Å². The number of rotatable bonds is 0. The maximum atomic E-state index is 12.7. The highest BCUT2D eigenvalue weighted by Crippen LogP contribution is 2.21. The lowest BCUT2D eigenvalue weighted by molar-refractivity contribution is 0.521. The smallest absolute Gasteiger partial charge is 0.128 e. The largest absolute Gasteiger partial charge is 0.355 e. The minimum atomic E-state index is -0.270. The van der Waals surface area contributed by atoms with Crippen molar-refractivity contribution in [3.8, 4) is 0 Å². The molecule has 1 heterocycles. The first kappa shape index (κ1) is 10.2. The van der Waals surface area contributed by atoms with Gasteiger partial charge in [-0.15, -0.1) is 17.0 Å². The van der Waals surface area contributed by atoms with Gasteiger partial charge in [0.05, 0.1) is 0 Å². The molecule has 0 unspecified atom stereocenters. The fraction of sp³-hybridized carbons (Fsp3) is 0.222. The molecule has 0 aliphatic carbocycles. The molecule has 0 spiro atoms. The molecule has 1 aromatic rings. The molecule has 1 aliphatic heterocycles. The zero-order valence-electron chi connectivity index (χ0n) is 7.17. The van der Waals surface area contributed by atoms with Crippen LogP contribution < -0.4 is 0 Å². The number of hydrogen-bond donors (Lipinski definition) is 1. The summed E-state index contributed by atoms with van der Waals surface area (Å²) in [5.41, 5.74) is 1.75. The summed E-state index contributed by atoms with van der Waals surface area (Å²) < 4.78 is 12.7. The number of halogens is 2. The quantitative estimate of drug-likeness (QED) is 0.745. The number of nitrogens with zero attached hydrogens (tertiary/aromatic N) is 1. The number of hydrogen-bond acceptors (Lipinski definition) is 1. The molecule has 1 N–H and O–H groups in total. The molecule has 0 saturated carbocycles. The van der Waals surface area contributed by atoms with Crippen LogP contribution >= 0.6 is 17.0 Å². The first-order valence-corrected chi connectivity index (χ1v) is 3.77. The summed E-state index contributed by atoms with van der Waals surface area (Å²) in [7, 11) is 1.83. The molecule has 70 valence electrons. The Balaban J connectivity index is 0.000000845. The number of fused-ring (bicyclic) bond motifs is 1. The maximum absolute atomic E-state index is 12.7. The summed E-state index contributed by atoms with van der Waals surface area (Å²) in [5.74, 6) is 0.137. The molecule has 13 heavy (non-hydrogen) atoms. The number of amidine groups is 1. The fourth-order valence-corrected chi connectivity index (χ4v) is 1.45. The Kier molecular flexibility index (Phi) is 2.71. The van der Waals surface area contributed by atoms with E-state index in [1.165, 1.54) is 12.1 Å². The molecule has 1 aromatic carbocycles. The van der Waals surface area contributed by atoms with Crippen molar-refractivity contribution >= 4 is 22.8 Å². The van der Waals surface area contributed by atoms with E-state index in [1.54, 1.807) is 11.0 Å². The summed E-state index contributed by atoms with van der Waals surface area (Å²) >= 11 is 0. The van der Waals surface area contributed by atoms with Gasteiger partial charge in [0.1, 0.15) is 11.7 Å².